The SMILES string of the molecule is CCNCC1CCN(C(=O)CS(=O)(=O)CCCc2ccccc2)CC1.Cl. The molecule has 5 nitrogen and oxygen atoms in total. The largest absolute Gasteiger partial charge is 0.342 e. The van der Waals surface area contributed by atoms with Crippen LogP contribution in [-0.2, 0) is 21.1 Å². The molecule has 1 aromatic rings. The third-order valence-corrected chi connectivity index (χ3v) is 6.35. The van der Waals surface area contributed by atoms with Gasteiger partial charge in [-0.05, 0) is 50.3 Å². The van der Waals surface area contributed by atoms with Gasteiger partial charge in [0.15, 0.2) is 9.84 Å². The molecule has 26 heavy (non-hydrogen) atoms. The van der Waals surface area contributed by atoms with Gasteiger partial charge in [-0.3, -0.25) is 4.79 Å². The predicted octanol–water partition coefficient (Wildman–Crippen LogP) is 2.30. The lowest BCUT2D eigenvalue weighted by atomic mass is 9.97. The monoisotopic (exact) mass is 402 g/mol. The van der Waals surface area contributed by atoms with E-state index in [2.05, 4.69) is 12.2 Å². The first-order valence-electron chi connectivity index (χ1n) is 9.23. The summed E-state index contributed by atoms with van der Waals surface area (Å²) in [7, 11) is -3.33. The van der Waals surface area contributed by atoms with Crippen LogP contribution < -0.4 is 5.32 Å². The Labute approximate surface area is 163 Å². The molecule has 2 rings (SSSR count). The Morgan fingerprint density at radius 2 is 1.85 bits per heavy atom. The lowest BCUT2D eigenvalue weighted by Gasteiger charge is -2.32. The topological polar surface area (TPSA) is 66.5 Å². The van der Waals surface area contributed by atoms with Crippen LogP contribution in [0.25, 0.3) is 0 Å². The third kappa shape index (κ3) is 8.06. The van der Waals surface area contributed by atoms with Crippen molar-refractivity contribution in [3.8, 4) is 0 Å². The molecular weight excluding hydrogens is 372 g/mol. The predicted molar refractivity (Wildman–Crippen MR) is 109 cm³/mol. The molecule has 0 unspecified atom stereocenters. The zero-order valence-electron chi connectivity index (χ0n) is 15.5. The summed E-state index contributed by atoms with van der Waals surface area (Å²) in [6, 6.07) is 9.84. The van der Waals surface area contributed by atoms with Crippen LogP contribution in [0.15, 0.2) is 30.3 Å². The van der Waals surface area contributed by atoms with E-state index in [-0.39, 0.29) is 29.8 Å². The lowest BCUT2D eigenvalue weighted by molar-refractivity contribution is -0.129. The number of benzene rings is 1. The highest BCUT2D eigenvalue weighted by atomic mass is 35.5. The first-order chi connectivity index (χ1) is 12.0. The zero-order valence-corrected chi connectivity index (χ0v) is 17.2. The highest BCUT2D eigenvalue weighted by Gasteiger charge is 2.25. The second-order valence-corrected chi connectivity index (χ2v) is 9.00. The maximum Gasteiger partial charge on any atom is 0.237 e. The Balaban J connectivity index is 0.00000338. The van der Waals surface area contributed by atoms with E-state index in [1.165, 1.54) is 0 Å². The van der Waals surface area contributed by atoms with Crippen LogP contribution in [0.1, 0.15) is 31.7 Å². The van der Waals surface area contributed by atoms with E-state index in [9.17, 15) is 13.2 Å². The Morgan fingerprint density at radius 1 is 1.19 bits per heavy atom. The van der Waals surface area contributed by atoms with Crippen molar-refractivity contribution in [2.24, 2.45) is 5.92 Å². The van der Waals surface area contributed by atoms with E-state index in [1.807, 2.05) is 30.3 Å². The van der Waals surface area contributed by atoms with E-state index in [4.69, 9.17) is 0 Å². The number of rotatable bonds is 9. The molecule has 0 radical (unpaired) electrons. The van der Waals surface area contributed by atoms with Crippen LogP contribution in [0, 0.1) is 5.92 Å². The van der Waals surface area contributed by atoms with Crippen molar-refractivity contribution in [1.82, 2.24) is 10.2 Å². The summed E-state index contributed by atoms with van der Waals surface area (Å²) < 4.78 is 24.4. The first-order valence-corrected chi connectivity index (χ1v) is 11.0. The second kappa shape index (κ2) is 11.6. The minimum absolute atomic E-state index is 0. The summed E-state index contributed by atoms with van der Waals surface area (Å²) in [4.78, 5) is 14.0. The number of nitrogens with one attached hydrogen (secondary N) is 1. The van der Waals surface area contributed by atoms with Gasteiger partial charge in [0.25, 0.3) is 0 Å². The highest BCUT2D eigenvalue weighted by molar-refractivity contribution is 7.92. The second-order valence-electron chi connectivity index (χ2n) is 6.81. The molecule has 1 aliphatic heterocycles. The number of aryl methyl sites for hydroxylation is 1. The van der Waals surface area contributed by atoms with Gasteiger partial charge in [-0.15, -0.1) is 12.4 Å². The highest BCUT2D eigenvalue weighted by Crippen LogP contribution is 2.17. The van der Waals surface area contributed by atoms with Gasteiger partial charge in [0.2, 0.25) is 5.91 Å². The van der Waals surface area contributed by atoms with E-state index >= 15 is 0 Å². The summed E-state index contributed by atoms with van der Waals surface area (Å²) in [5.41, 5.74) is 1.13. The average Bonchev–Trinajstić information content (AvgIpc) is 2.60. The fourth-order valence-electron chi connectivity index (χ4n) is 3.23. The zero-order chi connectivity index (χ0) is 18.1. The van der Waals surface area contributed by atoms with E-state index < -0.39 is 9.84 Å². The molecule has 0 aromatic heterocycles. The smallest absolute Gasteiger partial charge is 0.237 e. The number of nitrogens with zero attached hydrogens (tertiary/aromatic N) is 1. The van der Waals surface area contributed by atoms with Crippen molar-refractivity contribution in [2.75, 3.05) is 37.7 Å². The molecule has 0 saturated carbocycles. The summed E-state index contributed by atoms with van der Waals surface area (Å²) in [6.45, 7) is 5.38. The molecule has 7 heteroatoms. The molecule has 0 spiro atoms. The average molecular weight is 403 g/mol. The molecule has 1 heterocycles. The quantitative estimate of drug-likeness (QED) is 0.688. The van der Waals surface area contributed by atoms with Crippen molar-refractivity contribution >= 4 is 28.2 Å². The third-order valence-electron chi connectivity index (χ3n) is 4.76. The van der Waals surface area contributed by atoms with Crippen molar-refractivity contribution in [3.05, 3.63) is 35.9 Å². The van der Waals surface area contributed by atoms with Gasteiger partial charge in [0.1, 0.15) is 5.75 Å². The number of likely N-dealkylation sites (tertiary alicyclic amines) is 1. The Bertz CT molecular complexity index is 629. The number of sulfone groups is 1. The number of carbonyl (C=O) groups is 1. The molecule has 1 N–H and O–H groups in total. The maximum absolute atomic E-state index is 12.3. The standard InChI is InChI=1S/C19H30N2O3S.ClH/c1-2-20-15-18-10-12-21(13-11-18)19(22)16-25(23,24)14-6-9-17-7-4-3-5-8-17;/h3-5,7-8,18,20H,2,6,9-16H2,1H3;1H. The minimum atomic E-state index is -3.33. The molecule has 0 atom stereocenters. The van der Waals surface area contributed by atoms with Crippen LogP contribution in [0.2, 0.25) is 0 Å². The minimum Gasteiger partial charge on any atom is -0.342 e. The molecule has 1 fully saturated rings. The normalized spacial score (nSPS) is 15.5. The number of halogens is 1. The fraction of sp³-hybridized carbons (Fsp3) is 0.632. The van der Waals surface area contributed by atoms with Gasteiger partial charge in [-0.2, -0.15) is 0 Å². The van der Waals surface area contributed by atoms with E-state index in [0.717, 1.165) is 37.9 Å². The lowest BCUT2D eigenvalue weighted by Crippen LogP contribution is -2.43. The maximum atomic E-state index is 12.3. The first kappa shape index (κ1) is 22.9. The van der Waals surface area contributed by atoms with Crippen molar-refractivity contribution in [1.29, 1.82) is 0 Å². The van der Waals surface area contributed by atoms with Crippen LogP contribution in [0.4, 0.5) is 0 Å². The van der Waals surface area contributed by atoms with Gasteiger partial charge >= 0.3 is 0 Å². The van der Waals surface area contributed by atoms with Gasteiger partial charge in [-0.25, -0.2) is 8.42 Å². The molecule has 1 aliphatic rings. The fourth-order valence-corrected chi connectivity index (χ4v) is 4.51. The summed E-state index contributed by atoms with van der Waals surface area (Å²) >= 11 is 0. The molecule has 148 valence electrons. The molecule has 0 aliphatic carbocycles. The van der Waals surface area contributed by atoms with E-state index in [1.54, 1.807) is 4.90 Å². The molecule has 1 aromatic carbocycles. The summed E-state index contributed by atoms with van der Waals surface area (Å²) in [5, 5.41) is 3.34. The van der Waals surface area contributed by atoms with Gasteiger partial charge in [0, 0.05) is 13.1 Å². The van der Waals surface area contributed by atoms with Crippen LogP contribution >= 0.6 is 12.4 Å². The van der Waals surface area contributed by atoms with Crippen LogP contribution in [0.3, 0.4) is 0 Å². The number of piperidine rings is 1. The number of carbonyl (C=O) groups excluding carboxylic acids is 1. The summed E-state index contributed by atoms with van der Waals surface area (Å²) in [6.07, 6.45) is 3.19. The molecule has 0 bridgehead atoms. The molecule has 1 saturated heterocycles. The van der Waals surface area contributed by atoms with Crippen molar-refractivity contribution < 1.29 is 13.2 Å². The van der Waals surface area contributed by atoms with E-state index in [0.29, 0.717) is 25.4 Å². The van der Waals surface area contributed by atoms with Gasteiger partial charge in [0.05, 0.1) is 5.75 Å². The van der Waals surface area contributed by atoms with Crippen LogP contribution in [-0.4, -0.2) is 56.9 Å². The Kier molecular flexibility index (Phi) is 10.2. The van der Waals surface area contributed by atoms with Gasteiger partial charge in [-0.1, -0.05) is 37.3 Å². The number of hydrogen-bond acceptors (Lipinski definition) is 4. The molecule has 1 amide bonds. The Hall–Kier alpha value is -1.11. The van der Waals surface area contributed by atoms with Crippen molar-refractivity contribution in [3.63, 3.8) is 0 Å². The number of hydrogen-bond donors (Lipinski definition) is 1. The number of amides is 1. The van der Waals surface area contributed by atoms with Crippen molar-refractivity contribution in [2.45, 2.75) is 32.6 Å². The van der Waals surface area contributed by atoms with Crippen LogP contribution in [0.5, 0.6) is 0 Å². The Morgan fingerprint density at radius 3 is 2.46 bits per heavy atom. The molecular formula is C19H31ClN2O3S. The summed E-state index contributed by atoms with van der Waals surface area (Å²) in [5.74, 6) is 0.0811. The van der Waals surface area contributed by atoms with Gasteiger partial charge < -0.3 is 10.2 Å².